The predicted octanol–water partition coefficient (Wildman–Crippen LogP) is 1.18. The summed E-state index contributed by atoms with van der Waals surface area (Å²) in [5, 5.41) is 14.3. The van der Waals surface area contributed by atoms with Crippen LogP contribution in [-0.2, 0) is 10.0 Å². The van der Waals surface area contributed by atoms with Crippen LogP contribution < -0.4 is 5.14 Å². The molecule has 0 aliphatic carbocycles. The summed E-state index contributed by atoms with van der Waals surface area (Å²) in [6.07, 6.45) is -2.44. The Morgan fingerprint density at radius 1 is 1.53 bits per heavy atom. The van der Waals surface area contributed by atoms with Gasteiger partial charge in [-0.05, 0) is 22.6 Å². The summed E-state index contributed by atoms with van der Waals surface area (Å²) in [6.45, 7) is 0. The minimum absolute atomic E-state index is 0.498. The number of nitrogens with zero attached hydrogens (tertiary/aromatic N) is 2. The minimum atomic E-state index is -4.45. The number of aromatic nitrogens is 1. The van der Waals surface area contributed by atoms with Crippen molar-refractivity contribution in [2.45, 2.75) is 11.5 Å². The highest BCUT2D eigenvalue weighted by Crippen LogP contribution is 2.33. The molecule has 1 heterocycles. The van der Waals surface area contributed by atoms with Crippen LogP contribution >= 0.6 is 22.6 Å². The normalized spacial score (nSPS) is 11.8. The van der Waals surface area contributed by atoms with E-state index in [2.05, 4.69) is 4.98 Å². The topological polar surface area (TPSA) is 116 Å². The highest BCUT2D eigenvalue weighted by Gasteiger charge is 2.31. The summed E-state index contributed by atoms with van der Waals surface area (Å²) in [5.41, 5.74) is -1.75. The molecule has 11 heteroatoms. The van der Waals surface area contributed by atoms with Crippen molar-refractivity contribution >= 4 is 38.3 Å². The second-order valence-electron chi connectivity index (χ2n) is 2.78. The van der Waals surface area contributed by atoms with Crippen LogP contribution in [0.15, 0.2) is 11.2 Å². The van der Waals surface area contributed by atoms with E-state index in [1.165, 1.54) is 22.6 Å². The first kappa shape index (κ1) is 14.1. The van der Waals surface area contributed by atoms with E-state index in [9.17, 15) is 27.3 Å². The zero-order valence-corrected chi connectivity index (χ0v) is 10.8. The number of nitro groups is 1. The van der Waals surface area contributed by atoms with Gasteiger partial charge in [0.25, 0.3) is 16.4 Å². The van der Waals surface area contributed by atoms with Gasteiger partial charge in [-0.15, -0.1) is 0 Å². The number of halogens is 3. The van der Waals surface area contributed by atoms with E-state index >= 15 is 0 Å². The van der Waals surface area contributed by atoms with Gasteiger partial charge in [-0.25, -0.2) is 27.3 Å². The third-order valence-corrected chi connectivity index (χ3v) is 3.64. The molecule has 0 aliphatic rings. The highest BCUT2D eigenvalue weighted by molar-refractivity contribution is 14.1. The summed E-state index contributed by atoms with van der Waals surface area (Å²) < 4.78 is 46.4. The van der Waals surface area contributed by atoms with E-state index in [1.807, 2.05) is 0 Å². The Bertz CT molecular complexity index is 577. The molecule has 0 fully saturated rings. The lowest BCUT2D eigenvalue weighted by atomic mass is 10.3. The Kier molecular flexibility index (Phi) is 3.93. The Morgan fingerprint density at radius 3 is 2.41 bits per heavy atom. The van der Waals surface area contributed by atoms with E-state index in [1.54, 1.807) is 0 Å². The van der Waals surface area contributed by atoms with Crippen LogP contribution in [-0.4, -0.2) is 18.3 Å². The van der Waals surface area contributed by atoms with Gasteiger partial charge in [-0.3, -0.25) is 10.1 Å². The van der Waals surface area contributed by atoms with Gasteiger partial charge in [0, 0.05) is 6.20 Å². The summed E-state index contributed by atoms with van der Waals surface area (Å²) in [7, 11) is -4.45. The predicted molar refractivity (Wildman–Crippen MR) is 59.9 cm³/mol. The SMILES string of the molecule is NS(=O)(=O)c1ncc(C(F)F)c(I)c1[N+](=O)[O-]. The van der Waals surface area contributed by atoms with Gasteiger partial charge in [-0.2, -0.15) is 0 Å². The molecule has 0 spiro atoms. The van der Waals surface area contributed by atoms with E-state index in [0.29, 0.717) is 6.20 Å². The average Bonchev–Trinajstić information content (AvgIpc) is 2.14. The fourth-order valence-electron chi connectivity index (χ4n) is 0.995. The Hall–Kier alpha value is -0.950. The van der Waals surface area contributed by atoms with Crippen molar-refractivity contribution in [2.75, 3.05) is 0 Å². The number of rotatable bonds is 3. The molecule has 0 aliphatic heterocycles. The first-order valence-electron chi connectivity index (χ1n) is 3.80. The molecule has 0 atom stereocenters. The summed E-state index contributed by atoms with van der Waals surface area (Å²) in [4.78, 5) is 12.7. The number of hydrogen-bond acceptors (Lipinski definition) is 5. The van der Waals surface area contributed by atoms with Gasteiger partial charge in [0.1, 0.15) is 3.57 Å². The van der Waals surface area contributed by atoms with Crippen LogP contribution in [0.1, 0.15) is 12.0 Å². The molecule has 0 aromatic carbocycles. The fraction of sp³-hybridized carbons (Fsp3) is 0.167. The number of primary sulfonamides is 1. The molecular weight excluding hydrogens is 375 g/mol. The molecule has 7 nitrogen and oxygen atoms in total. The second-order valence-corrected chi connectivity index (χ2v) is 5.34. The lowest BCUT2D eigenvalue weighted by Crippen LogP contribution is -2.17. The summed E-state index contributed by atoms with van der Waals surface area (Å²) in [5.74, 6) is 0. The molecule has 0 amide bonds. The molecular formula is C6H4F2IN3O4S. The minimum Gasteiger partial charge on any atom is -0.258 e. The summed E-state index contributed by atoms with van der Waals surface area (Å²) >= 11 is 1.26. The molecule has 94 valence electrons. The maximum atomic E-state index is 12.5. The molecule has 2 N–H and O–H groups in total. The number of pyridine rings is 1. The van der Waals surface area contributed by atoms with E-state index in [-0.39, 0.29) is 0 Å². The van der Waals surface area contributed by atoms with Crippen molar-refractivity contribution in [1.29, 1.82) is 0 Å². The van der Waals surface area contributed by atoms with Gasteiger partial charge >= 0.3 is 5.69 Å². The Labute approximate surface area is 107 Å². The first-order chi connectivity index (χ1) is 7.66. The van der Waals surface area contributed by atoms with Crippen molar-refractivity contribution in [3.05, 3.63) is 25.4 Å². The molecule has 0 bridgehead atoms. The smallest absolute Gasteiger partial charge is 0.258 e. The highest BCUT2D eigenvalue weighted by atomic mass is 127. The van der Waals surface area contributed by atoms with Crippen molar-refractivity contribution in [1.82, 2.24) is 4.98 Å². The van der Waals surface area contributed by atoms with E-state index < -0.39 is 41.2 Å². The van der Waals surface area contributed by atoms with E-state index in [0.717, 1.165) is 0 Å². The molecule has 17 heavy (non-hydrogen) atoms. The van der Waals surface area contributed by atoms with Gasteiger partial charge in [0.05, 0.1) is 10.5 Å². The Balaban J connectivity index is 3.69. The fourth-order valence-corrected chi connectivity index (χ4v) is 2.65. The first-order valence-corrected chi connectivity index (χ1v) is 6.42. The Morgan fingerprint density at radius 2 is 2.06 bits per heavy atom. The lowest BCUT2D eigenvalue weighted by molar-refractivity contribution is -0.389. The molecule has 0 radical (unpaired) electrons. The maximum Gasteiger partial charge on any atom is 0.321 e. The lowest BCUT2D eigenvalue weighted by Gasteiger charge is -2.06. The van der Waals surface area contributed by atoms with Gasteiger partial charge in [-0.1, -0.05) is 0 Å². The molecule has 1 aromatic heterocycles. The number of nitrogens with two attached hydrogens (primary N) is 1. The van der Waals surface area contributed by atoms with Crippen molar-refractivity contribution in [3.8, 4) is 0 Å². The quantitative estimate of drug-likeness (QED) is 0.481. The monoisotopic (exact) mass is 379 g/mol. The second kappa shape index (κ2) is 4.73. The zero-order chi connectivity index (χ0) is 13.4. The van der Waals surface area contributed by atoms with Crippen LogP contribution in [0.2, 0.25) is 0 Å². The van der Waals surface area contributed by atoms with Crippen molar-refractivity contribution in [3.63, 3.8) is 0 Å². The van der Waals surface area contributed by atoms with Crippen LogP contribution in [0, 0.1) is 13.7 Å². The summed E-state index contributed by atoms with van der Waals surface area (Å²) in [6, 6.07) is 0. The van der Waals surface area contributed by atoms with Crippen LogP contribution in [0.4, 0.5) is 14.5 Å². The molecule has 0 saturated heterocycles. The molecule has 0 saturated carbocycles. The number of hydrogen-bond donors (Lipinski definition) is 1. The van der Waals surface area contributed by atoms with Gasteiger partial charge < -0.3 is 0 Å². The maximum absolute atomic E-state index is 12.5. The molecule has 1 aromatic rings. The third-order valence-electron chi connectivity index (χ3n) is 1.67. The van der Waals surface area contributed by atoms with Crippen LogP contribution in [0.5, 0.6) is 0 Å². The van der Waals surface area contributed by atoms with Gasteiger partial charge in [0.2, 0.25) is 5.03 Å². The largest absolute Gasteiger partial charge is 0.321 e. The van der Waals surface area contributed by atoms with Crippen molar-refractivity contribution < 1.29 is 22.1 Å². The van der Waals surface area contributed by atoms with Crippen LogP contribution in [0.25, 0.3) is 0 Å². The molecule has 1 rings (SSSR count). The standard InChI is InChI=1S/C6H4F2IN3O4S/c7-5(8)2-1-11-6(17(10,15)16)4(3(2)9)12(13)14/h1,5H,(H2,10,15,16). The van der Waals surface area contributed by atoms with E-state index in [4.69, 9.17) is 5.14 Å². The number of sulfonamides is 1. The third kappa shape index (κ3) is 2.84. The zero-order valence-electron chi connectivity index (χ0n) is 7.80. The number of alkyl halides is 2. The van der Waals surface area contributed by atoms with Crippen LogP contribution in [0.3, 0.4) is 0 Å². The van der Waals surface area contributed by atoms with Crippen molar-refractivity contribution in [2.24, 2.45) is 5.14 Å². The molecule has 0 unspecified atom stereocenters. The van der Waals surface area contributed by atoms with Gasteiger partial charge in [0.15, 0.2) is 0 Å². The average molecular weight is 379 g/mol.